The van der Waals surface area contributed by atoms with E-state index in [-0.39, 0.29) is 0 Å². The average Bonchev–Trinajstić information content (AvgIpc) is 2.98. The van der Waals surface area contributed by atoms with Crippen LogP contribution in [0.5, 0.6) is 0 Å². The Bertz CT molecular complexity index is 1160. The van der Waals surface area contributed by atoms with Gasteiger partial charge in [-0.15, -0.1) is 0 Å². The van der Waals surface area contributed by atoms with E-state index in [1.165, 1.54) is 32.9 Å². The summed E-state index contributed by atoms with van der Waals surface area (Å²) in [5.74, 6) is 0. The molecule has 4 aromatic rings. The molecule has 1 heterocycles. The first kappa shape index (κ1) is 17.6. The van der Waals surface area contributed by atoms with Crippen LogP contribution in [0.3, 0.4) is 0 Å². The number of benzene rings is 3. The van der Waals surface area contributed by atoms with Crippen LogP contribution in [-0.4, -0.2) is 9.68 Å². The molecular weight excluding hydrogens is 350 g/mol. The number of hydrogen-bond acceptors (Lipinski definition) is 1. The number of fused-ring (bicyclic) bond motifs is 3. The Hall–Kier alpha value is -2.85. The van der Waals surface area contributed by atoms with Crippen molar-refractivity contribution in [2.45, 2.75) is 27.3 Å². The number of rotatable bonds is 3. The lowest BCUT2D eigenvalue weighted by Crippen LogP contribution is -2.19. The highest BCUT2D eigenvalue weighted by atomic mass is 32.1. The summed E-state index contributed by atoms with van der Waals surface area (Å²) in [6.07, 6.45) is 0. The van der Waals surface area contributed by atoms with Crippen LogP contribution in [0.15, 0.2) is 60.7 Å². The molecule has 0 amide bonds. The van der Waals surface area contributed by atoms with Gasteiger partial charge in [-0.05, 0) is 80.5 Å². The van der Waals surface area contributed by atoms with E-state index < -0.39 is 0 Å². The molecule has 4 rings (SSSR count). The molecule has 0 saturated heterocycles. The Kier molecular flexibility index (Phi) is 4.58. The summed E-state index contributed by atoms with van der Waals surface area (Å²) in [7, 11) is 0. The molecule has 3 aromatic carbocycles. The topological polar surface area (TPSA) is 29.0 Å². The first-order valence-corrected chi connectivity index (χ1v) is 9.64. The van der Waals surface area contributed by atoms with Crippen molar-refractivity contribution in [1.82, 2.24) is 4.57 Å². The maximum atomic E-state index is 5.51. The minimum Gasteiger partial charge on any atom is -0.341 e. The van der Waals surface area contributed by atoms with E-state index in [1.807, 2.05) is 6.07 Å². The average molecular weight is 374 g/mol. The summed E-state index contributed by atoms with van der Waals surface area (Å²) >= 11 is 5.51. The minimum absolute atomic E-state index is 0.594. The van der Waals surface area contributed by atoms with Gasteiger partial charge in [0.2, 0.25) is 0 Å². The zero-order valence-electron chi connectivity index (χ0n) is 15.8. The van der Waals surface area contributed by atoms with Gasteiger partial charge in [-0.3, -0.25) is 0 Å². The predicted octanol–water partition coefficient (Wildman–Crippen LogP) is 6.24. The number of hydrogen-bond donors (Lipinski definition) is 2. The van der Waals surface area contributed by atoms with Crippen LogP contribution < -0.4 is 10.6 Å². The molecule has 1 aromatic heterocycles. The standard InChI is InChI=1S/C23H23N3S/c1-4-26-21-8-6-5-7-19(21)20-14-18(11-12-22(20)26)25-23(27)24-17-10-9-15(2)16(3)13-17/h5-14H,4H2,1-3H3,(H2,24,25,27). The van der Waals surface area contributed by atoms with Crippen molar-refractivity contribution < 1.29 is 0 Å². The van der Waals surface area contributed by atoms with Gasteiger partial charge in [0.15, 0.2) is 5.11 Å². The van der Waals surface area contributed by atoms with Gasteiger partial charge in [-0.25, -0.2) is 0 Å². The molecule has 3 nitrogen and oxygen atoms in total. The molecule has 27 heavy (non-hydrogen) atoms. The van der Waals surface area contributed by atoms with E-state index in [1.54, 1.807) is 0 Å². The van der Waals surface area contributed by atoms with Gasteiger partial charge in [-0.2, -0.15) is 0 Å². The van der Waals surface area contributed by atoms with Crippen LogP contribution in [0.2, 0.25) is 0 Å². The number of para-hydroxylation sites is 1. The quantitative estimate of drug-likeness (QED) is 0.417. The van der Waals surface area contributed by atoms with Crippen molar-refractivity contribution in [1.29, 1.82) is 0 Å². The predicted molar refractivity (Wildman–Crippen MR) is 121 cm³/mol. The van der Waals surface area contributed by atoms with Crippen molar-refractivity contribution in [2.24, 2.45) is 0 Å². The first-order chi connectivity index (χ1) is 13.1. The van der Waals surface area contributed by atoms with Crippen molar-refractivity contribution in [3.05, 3.63) is 71.8 Å². The Morgan fingerprint density at radius 2 is 1.48 bits per heavy atom. The summed E-state index contributed by atoms with van der Waals surface area (Å²) in [6, 6.07) is 21.2. The number of nitrogens with zero attached hydrogens (tertiary/aromatic N) is 1. The molecule has 0 aliphatic rings. The monoisotopic (exact) mass is 373 g/mol. The lowest BCUT2D eigenvalue weighted by atomic mass is 10.1. The van der Waals surface area contributed by atoms with Gasteiger partial charge >= 0.3 is 0 Å². The first-order valence-electron chi connectivity index (χ1n) is 9.23. The van der Waals surface area contributed by atoms with Gasteiger partial charge in [0.1, 0.15) is 0 Å². The van der Waals surface area contributed by atoms with Crippen molar-refractivity contribution in [2.75, 3.05) is 10.6 Å². The fraction of sp³-hybridized carbons (Fsp3) is 0.174. The van der Waals surface area contributed by atoms with Crippen molar-refractivity contribution in [3.63, 3.8) is 0 Å². The molecule has 0 aliphatic carbocycles. The molecule has 0 saturated carbocycles. The van der Waals surface area contributed by atoms with Crippen LogP contribution >= 0.6 is 12.2 Å². The number of anilines is 2. The SMILES string of the molecule is CCn1c2ccccc2c2cc(NC(=S)Nc3ccc(C)c(C)c3)ccc21. The second kappa shape index (κ2) is 7.05. The zero-order chi connectivity index (χ0) is 19.0. The van der Waals surface area contributed by atoms with E-state index in [0.29, 0.717) is 5.11 Å². The van der Waals surface area contributed by atoms with E-state index >= 15 is 0 Å². The Labute approximate surface area is 165 Å². The largest absolute Gasteiger partial charge is 0.341 e. The fourth-order valence-corrected chi connectivity index (χ4v) is 3.82. The lowest BCUT2D eigenvalue weighted by Gasteiger charge is -2.12. The van der Waals surface area contributed by atoms with Gasteiger partial charge in [0, 0.05) is 39.7 Å². The number of thiocarbonyl (C=S) groups is 1. The van der Waals surface area contributed by atoms with Gasteiger partial charge in [0.25, 0.3) is 0 Å². The summed E-state index contributed by atoms with van der Waals surface area (Å²) in [5, 5.41) is 9.70. The smallest absolute Gasteiger partial charge is 0.175 e. The summed E-state index contributed by atoms with van der Waals surface area (Å²) in [6.45, 7) is 7.34. The minimum atomic E-state index is 0.594. The number of aromatic nitrogens is 1. The van der Waals surface area contributed by atoms with Crippen LogP contribution in [0.25, 0.3) is 21.8 Å². The summed E-state index contributed by atoms with van der Waals surface area (Å²) < 4.78 is 2.35. The van der Waals surface area contributed by atoms with E-state index in [4.69, 9.17) is 12.2 Å². The summed E-state index contributed by atoms with van der Waals surface area (Å²) in [5.41, 5.74) is 7.02. The molecule has 2 N–H and O–H groups in total. The molecule has 0 bridgehead atoms. The number of aryl methyl sites for hydroxylation is 3. The van der Waals surface area contributed by atoms with Crippen LogP contribution in [-0.2, 0) is 6.54 Å². The highest BCUT2D eigenvalue weighted by Crippen LogP contribution is 2.31. The van der Waals surface area contributed by atoms with Crippen molar-refractivity contribution >= 4 is 50.5 Å². The highest BCUT2D eigenvalue weighted by Gasteiger charge is 2.10. The van der Waals surface area contributed by atoms with Gasteiger partial charge in [-0.1, -0.05) is 24.3 Å². The fourth-order valence-electron chi connectivity index (χ4n) is 3.58. The summed E-state index contributed by atoms with van der Waals surface area (Å²) in [4.78, 5) is 0. The third-order valence-electron chi connectivity index (χ3n) is 5.11. The molecule has 0 spiro atoms. The molecule has 0 fully saturated rings. The maximum absolute atomic E-state index is 5.51. The molecular formula is C23H23N3S. The maximum Gasteiger partial charge on any atom is 0.175 e. The molecule has 0 radical (unpaired) electrons. The van der Waals surface area contributed by atoms with Crippen LogP contribution in [0.1, 0.15) is 18.1 Å². The van der Waals surface area contributed by atoms with Crippen LogP contribution in [0, 0.1) is 13.8 Å². The van der Waals surface area contributed by atoms with Crippen LogP contribution in [0.4, 0.5) is 11.4 Å². The normalized spacial score (nSPS) is 11.1. The molecule has 0 unspecified atom stereocenters. The van der Waals surface area contributed by atoms with E-state index in [9.17, 15) is 0 Å². The second-order valence-corrected chi connectivity index (χ2v) is 7.28. The highest BCUT2D eigenvalue weighted by molar-refractivity contribution is 7.80. The molecule has 0 atom stereocenters. The number of nitrogens with one attached hydrogen (secondary N) is 2. The Morgan fingerprint density at radius 1 is 0.815 bits per heavy atom. The second-order valence-electron chi connectivity index (χ2n) is 6.87. The van der Waals surface area contributed by atoms with Gasteiger partial charge < -0.3 is 15.2 Å². The molecule has 4 heteroatoms. The van der Waals surface area contributed by atoms with E-state index in [2.05, 4.69) is 90.6 Å². The van der Waals surface area contributed by atoms with Crippen molar-refractivity contribution in [3.8, 4) is 0 Å². The van der Waals surface area contributed by atoms with E-state index in [0.717, 1.165) is 17.9 Å². The third-order valence-corrected chi connectivity index (χ3v) is 5.32. The zero-order valence-corrected chi connectivity index (χ0v) is 16.7. The Balaban J connectivity index is 1.63. The molecule has 136 valence electrons. The molecule has 0 aliphatic heterocycles. The van der Waals surface area contributed by atoms with Gasteiger partial charge in [0.05, 0.1) is 0 Å². The third kappa shape index (κ3) is 3.28. The Morgan fingerprint density at radius 3 is 2.22 bits per heavy atom. The lowest BCUT2D eigenvalue weighted by molar-refractivity contribution is 0.827.